The van der Waals surface area contributed by atoms with Crippen molar-refractivity contribution < 1.29 is 27.9 Å². The molecule has 1 amide bonds. The number of ether oxygens (including phenoxy) is 2. The Bertz CT molecular complexity index is 350. The van der Waals surface area contributed by atoms with E-state index in [0.29, 0.717) is 0 Å². The van der Waals surface area contributed by atoms with Crippen LogP contribution in [0.2, 0.25) is 0 Å². The first-order valence-electron chi connectivity index (χ1n) is 5.55. The first-order chi connectivity index (χ1) is 8.24. The fraction of sp³-hybridized carbons (Fsp3) is 0.900. The number of amides is 1. The molecule has 0 aromatic carbocycles. The summed E-state index contributed by atoms with van der Waals surface area (Å²) in [4.78, 5) is 10.9. The van der Waals surface area contributed by atoms with E-state index in [9.17, 15) is 9.36 Å². The number of nitrogens with one attached hydrogen (secondary N) is 1. The maximum Gasteiger partial charge on any atom is 0.361 e. The zero-order valence-electron chi connectivity index (χ0n) is 11.3. The Morgan fingerprint density at radius 2 is 1.89 bits per heavy atom. The minimum Gasteiger partial charge on any atom is -0.354 e. The van der Waals surface area contributed by atoms with Crippen molar-refractivity contribution in [3.8, 4) is 0 Å². The maximum absolute atomic E-state index is 12.3. The summed E-state index contributed by atoms with van der Waals surface area (Å²) in [5.74, 6) is -1.97. The van der Waals surface area contributed by atoms with Gasteiger partial charge in [0.25, 0.3) is 0 Å². The smallest absolute Gasteiger partial charge is 0.354 e. The average Bonchev–Trinajstić information content (AvgIpc) is 2.61. The van der Waals surface area contributed by atoms with E-state index >= 15 is 0 Å². The van der Waals surface area contributed by atoms with Gasteiger partial charge < -0.3 is 23.8 Å². The molecule has 2 atom stereocenters. The summed E-state index contributed by atoms with van der Waals surface area (Å²) in [7, 11) is -0.851. The lowest BCUT2D eigenvalue weighted by Gasteiger charge is -2.23. The van der Waals surface area contributed by atoms with E-state index < -0.39 is 25.3 Å². The molecular weight excluding hydrogens is 261 g/mol. The topological polar surface area (TPSA) is 83.1 Å². The molecule has 0 radical (unpaired) electrons. The Hall–Kier alpha value is -0.460. The third-order valence-corrected chi connectivity index (χ3v) is 4.61. The highest BCUT2D eigenvalue weighted by atomic mass is 31.2. The highest BCUT2D eigenvalue weighted by molar-refractivity contribution is 7.54. The number of hydrogen-bond acceptors (Lipinski definition) is 6. The molecule has 0 saturated carbocycles. The summed E-state index contributed by atoms with van der Waals surface area (Å²) in [6.07, 6.45) is -0.588. The van der Waals surface area contributed by atoms with E-state index in [4.69, 9.17) is 18.5 Å². The minimum absolute atomic E-state index is 0.181. The Balaban J connectivity index is 2.85. The highest BCUT2D eigenvalue weighted by Gasteiger charge is 2.52. The lowest BCUT2D eigenvalue weighted by Crippen LogP contribution is -2.37. The SMILES string of the molecule is COP(=O)(OC)[C@@H]1OC(C)(C)O[C@H]1CNC(C)=O. The molecule has 1 rings (SSSR count). The van der Waals surface area contributed by atoms with Crippen LogP contribution >= 0.6 is 7.60 Å². The van der Waals surface area contributed by atoms with Crippen LogP contribution in [0.5, 0.6) is 0 Å². The van der Waals surface area contributed by atoms with E-state index in [1.807, 2.05) is 0 Å². The summed E-state index contributed by atoms with van der Waals surface area (Å²) in [5.41, 5.74) is 0. The molecule has 1 aliphatic heterocycles. The second-order valence-corrected chi connectivity index (χ2v) is 6.73. The van der Waals surface area contributed by atoms with Gasteiger partial charge in [0.2, 0.25) is 5.91 Å². The lowest BCUT2D eigenvalue weighted by atomic mass is 10.3. The van der Waals surface area contributed by atoms with Crippen molar-refractivity contribution in [1.29, 1.82) is 0 Å². The van der Waals surface area contributed by atoms with Crippen molar-refractivity contribution in [2.75, 3.05) is 20.8 Å². The van der Waals surface area contributed by atoms with Crippen LogP contribution in [-0.4, -0.2) is 44.4 Å². The van der Waals surface area contributed by atoms with Gasteiger partial charge in [-0.2, -0.15) is 0 Å². The molecule has 106 valence electrons. The molecule has 1 aliphatic rings. The fourth-order valence-corrected chi connectivity index (χ4v) is 3.28. The van der Waals surface area contributed by atoms with Gasteiger partial charge in [-0.1, -0.05) is 0 Å². The predicted molar refractivity (Wildman–Crippen MR) is 64.1 cm³/mol. The minimum atomic E-state index is -3.42. The first-order valence-corrected chi connectivity index (χ1v) is 7.16. The average molecular weight is 281 g/mol. The first kappa shape index (κ1) is 15.6. The molecule has 0 bridgehead atoms. The molecule has 8 heteroatoms. The summed E-state index contributed by atoms with van der Waals surface area (Å²) in [5, 5.41) is 2.60. The summed E-state index contributed by atoms with van der Waals surface area (Å²) < 4.78 is 33.3. The van der Waals surface area contributed by atoms with Crippen molar-refractivity contribution in [2.45, 2.75) is 38.5 Å². The third kappa shape index (κ3) is 3.52. The second-order valence-electron chi connectivity index (χ2n) is 4.41. The van der Waals surface area contributed by atoms with Crippen LogP contribution in [0.3, 0.4) is 0 Å². The van der Waals surface area contributed by atoms with E-state index in [1.165, 1.54) is 21.1 Å². The van der Waals surface area contributed by atoms with Crippen molar-refractivity contribution >= 4 is 13.5 Å². The van der Waals surface area contributed by atoms with Crippen LogP contribution in [0.4, 0.5) is 0 Å². The summed E-state index contributed by atoms with van der Waals surface area (Å²) in [6.45, 7) is 4.97. The van der Waals surface area contributed by atoms with Gasteiger partial charge in [0.05, 0.1) is 0 Å². The van der Waals surface area contributed by atoms with Crippen LogP contribution in [0.15, 0.2) is 0 Å². The monoisotopic (exact) mass is 281 g/mol. The standard InChI is InChI=1S/C10H20NO6P/c1-7(12)11-6-8-9(17-10(2,3)16-8)18(13,14-4)15-5/h8-9H,6H2,1-5H3,(H,11,12)/t8-,9-/m0/s1. The molecule has 1 fully saturated rings. The van der Waals surface area contributed by atoms with Gasteiger partial charge in [0.1, 0.15) is 6.10 Å². The molecule has 7 nitrogen and oxygen atoms in total. The van der Waals surface area contributed by atoms with E-state index in [2.05, 4.69) is 5.32 Å². The Morgan fingerprint density at radius 3 is 2.33 bits per heavy atom. The van der Waals surface area contributed by atoms with Crippen LogP contribution < -0.4 is 5.32 Å². The van der Waals surface area contributed by atoms with Crippen LogP contribution in [0.1, 0.15) is 20.8 Å². The quantitative estimate of drug-likeness (QED) is 0.759. The van der Waals surface area contributed by atoms with Gasteiger partial charge in [-0.25, -0.2) is 0 Å². The number of rotatable bonds is 5. The van der Waals surface area contributed by atoms with Crippen molar-refractivity contribution in [3.05, 3.63) is 0 Å². The maximum atomic E-state index is 12.3. The Morgan fingerprint density at radius 1 is 1.33 bits per heavy atom. The zero-order chi connectivity index (χ0) is 14.0. The van der Waals surface area contributed by atoms with E-state index in [0.717, 1.165) is 0 Å². The third-order valence-electron chi connectivity index (χ3n) is 2.53. The lowest BCUT2D eigenvalue weighted by molar-refractivity contribution is -0.142. The Kier molecular flexibility index (Phi) is 4.91. The Labute approximate surface area is 107 Å². The van der Waals surface area contributed by atoms with Gasteiger partial charge in [0, 0.05) is 27.7 Å². The molecule has 0 spiro atoms. The van der Waals surface area contributed by atoms with Crippen molar-refractivity contribution in [3.63, 3.8) is 0 Å². The molecule has 18 heavy (non-hydrogen) atoms. The molecule has 0 aliphatic carbocycles. The molecule has 0 unspecified atom stereocenters. The van der Waals surface area contributed by atoms with Gasteiger partial charge >= 0.3 is 7.60 Å². The number of carbonyl (C=O) groups excluding carboxylic acids is 1. The molecule has 1 saturated heterocycles. The fourth-order valence-electron chi connectivity index (χ4n) is 1.75. The van der Waals surface area contributed by atoms with E-state index in [-0.39, 0.29) is 12.5 Å². The van der Waals surface area contributed by atoms with Crippen LogP contribution in [0, 0.1) is 0 Å². The summed E-state index contributed by atoms with van der Waals surface area (Å²) >= 11 is 0. The molecule has 1 N–H and O–H groups in total. The summed E-state index contributed by atoms with van der Waals surface area (Å²) in [6, 6.07) is 0. The van der Waals surface area contributed by atoms with Crippen LogP contribution in [0.25, 0.3) is 0 Å². The van der Waals surface area contributed by atoms with Gasteiger partial charge in [-0.15, -0.1) is 0 Å². The van der Waals surface area contributed by atoms with Gasteiger partial charge in [-0.3, -0.25) is 9.36 Å². The van der Waals surface area contributed by atoms with Gasteiger partial charge in [0.15, 0.2) is 11.6 Å². The largest absolute Gasteiger partial charge is 0.361 e. The normalized spacial score (nSPS) is 27.2. The highest BCUT2D eigenvalue weighted by Crippen LogP contribution is 2.57. The predicted octanol–water partition coefficient (Wildman–Crippen LogP) is 1.09. The molecule has 0 aromatic rings. The second kappa shape index (κ2) is 5.67. The van der Waals surface area contributed by atoms with Crippen LogP contribution in [-0.2, 0) is 27.9 Å². The van der Waals surface area contributed by atoms with Crippen molar-refractivity contribution in [2.24, 2.45) is 0 Å². The molecular formula is C10H20NO6P. The zero-order valence-corrected chi connectivity index (χ0v) is 12.2. The number of hydrogen-bond donors (Lipinski definition) is 1. The van der Waals surface area contributed by atoms with E-state index in [1.54, 1.807) is 13.8 Å². The molecule has 0 aromatic heterocycles. The van der Waals surface area contributed by atoms with Crippen molar-refractivity contribution in [1.82, 2.24) is 5.32 Å². The number of carbonyl (C=O) groups is 1. The van der Waals surface area contributed by atoms with Gasteiger partial charge in [-0.05, 0) is 13.8 Å². The molecule has 1 heterocycles.